The van der Waals surface area contributed by atoms with E-state index in [2.05, 4.69) is 6.58 Å². The number of hydrogen-bond donors (Lipinski definition) is 0. The Hall–Kier alpha value is -1.52. The van der Waals surface area contributed by atoms with Crippen LogP contribution in [-0.2, 0) is 6.54 Å². The minimum Gasteiger partial charge on any atom is -0.469 e. The zero-order valence-corrected chi connectivity index (χ0v) is 12.1. The van der Waals surface area contributed by atoms with Crippen LogP contribution in [0, 0.1) is 6.92 Å². The zero-order chi connectivity index (χ0) is 13.8. The van der Waals surface area contributed by atoms with Gasteiger partial charge in [-0.05, 0) is 25.1 Å². The topological polar surface area (TPSA) is 33.5 Å². The van der Waals surface area contributed by atoms with Gasteiger partial charge in [-0.1, -0.05) is 17.7 Å². The number of carbonyl (C=O) groups is 1. The molecule has 0 saturated carbocycles. The first-order valence-electron chi connectivity index (χ1n) is 5.80. The molecule has 0 unspecified atom stereocenters. The fraction of sp³-hybridized carbons (Fsp3) is 0.214. The predicted molar refractivity (Wildman–Crippen MR) is 77.7 cm³/mol. The number of hydrogen-bond acceptors (Lipinski definition) is 3. The number of rotatable bonds is 5. The van der Waals surface area contributed by atoms with Gasteiger partial charge in [-0.3, -0.25) is 4.79 Å². The number of amides is 1. The summed E-state index contributed by atoms with van der Waals surface area (Å²) in [6.07, 6.45) is 3.24. The van der Waals surface area contributed by atoms with Crippen molar-refractivity contribution in [2.24, 2.45) is 0 Å². The highest BCUT2D eigenvalue weighted by atomic mass is 35.5. The number of nitrogens with zero attached hydrogens (tertiary/aromatic N) is 1. The lowest BCUT2D eigenvalue weighted by atomic mass is 10.2. The third kappa shape index (κ3) is 3.28. The summed E-state index contributed by atoms with van der Waals surface area (Å²) in [7, 11) is 0. The van der Waals surface area contributed by atoms with Crippen LogP contribution in [0.2, 0.25) is 4.34 Å². The molecule has 1 amide bonds. The molecule has 2 rings (SSSR count). The van der Waals surface area contributed by atoms with Gasteiger partial charge in [0.1, 0.15) is 5.76 Å². The molecule has 0 fully saturated rings. The Balaban J connectivity index is 2.18. The van der Waals surface area contributed by atoms with Gasteiger partial charge >= 0.3 is 0 Å². The van der Waals surface area contributed by atoms with Gasteiger partial charge in [0.15, 0.2) is 0 Å². The Labute approximate surface area is 121 Å². The molecule has 0 aromatic carbocycles. The largest absolute Gasteiger partial charge is 0.469 e. The number of carbonyl (C=O) groups excluding carboxylic acids is 1. The van der Waals surface area contributed by atoms with Crippen LogP contribution >= 0.6 is 22.9 Å². The molecule has 3 nitrogen and oxygen atoms in total. The highest BCUT2D eigenvalue weighted by Crippen LogP contribution is 2.23. The summed E-state index contributed by atoms with van der Waals surface area (Å²) in [6.45, 7) is 6.48. The fourth-order valence-electron chi connectivity index (χ4n) is 1.78. The van der Waals surface area contributed by atoms with E-state index < -0.39 is 0 Å². The number of aryl methyl sites for hydroxylation is 1. The van der Waals surface area contributed by atoms with E-state index in [4.69, 9.17) is 16.0 Å². The average Bonchev–Trinajstić information content (AvgIpc) is 2.97. The predicted octanol–water partition coefficient (Wildman–Crippen LogP) is 4.13. The van der Waals surface area contributed by atoms with Crippen LogP contribution in [0.15, 0.2) is 41.5 Å². The summed E-state index contributed by atoms with van der Waals surface area (Å²) in [5.41, 5.74) is 0.588. The zero-order valence-electron chi connectivity index (χ0n) is 10.6. The smallest absolute Gasteiger partial charge is 0.258 e. The normalized spacial score (nSPS) is 10.4. The van der Waals surface area contributed by atoms with Crippen LogP contribution in [0.4, 0.5) is 0 Å². The molecule has 100 valence electrons. The van der Waals surface area contributed by atoms with Crippen molar-refractivity contribution in [1.29, 1.82) is 0 Å². The Kier molecular flexibility index (Phi) is 4.45. The van der Waals surface area contributed by atoms with Gasteiger partial charge in [0.05, 0.1) is 22.7 Å². The van der Waals surface area contributed by atoms with Crippen molar-refractivity contribution < 1.29 is 9.21 Å². The second-order valence-corrected chi connectivity index (χ2v) is 5.87. The third-order valence-electron chi connectivity index (χ3n) is 2.70. The first kappa shape index (κ1) is 13.9. The maximum atomic E-state index is 12.4. The van der Waals surface area contributed by atoms with E-state index in [0.29, 0.717) is 24.4 Å². The molecule has 0 aliphatic rings. The van der Waals surface area contributed by atoms with Crippen molar-refractivity contribution in [2.75, 3.05) is 6.54 Å². The van der Waals surface area contributed by atoms with Crippen molar-refractivity contribution in [1.82, 2.24) is 4.90 Å². The van der Waals surface area contributed by atoms with E-state index in [0.717, 1.165) is 9.21 Å². The molecule has 0 saturated heterocycles. The molecule has 0 aliphatic heterocycles. The monoisotopic (exact) mass is 295 g/mol. The van der Waals surface area contributed by atoms with Gasteiger partial charge in [0.2, 0.25) is 0 Å². The summed E-state index contributed by atoms with van der Waals surface area (Å²) in [6, 6.07) is 5.45. The van der Waals surface area contributed by atoms with Crippen LogP contribution in [0.5, 0.6) is 0 Å². The first-order chi connectivity index (χ1) is 9.11. The van der Waals surface area contributed by atoms with Crippen molar-refractivity contribution in [3.05, 3.63) is 57.7 Å². The molecule has 0 radical (unpaired) electrons. The quantitative estimate of drug-likeness (QED) is 0.777. The molecule has 5 heteroatoms. The van der Waals surface area contributed by atoms with Gasteiger partial charge in [0, 0.05) is 11.4 Å². The molecule has 0 aliphatic carbocycles. The molecule has 0 N–H and O–H groups in total. The Morgan fingerprint density at radius 1 is 1.53 bits per heavy atom. The average molecular weight is 296 g/mol. The second-order valence-electron chi connectivity index (χ2n) is 4.07. The van der Waals surface area contributed by atoms with Gasteiger partial charge < -0.3 is 9.32 Å². The maximum absolute atomic E-state index is 12.4. The van der Waals surface area contributed by atoms with Gasteiger partial charge in [-0.2, -0.15) is 0 Å². The standard InChI is InChI=1S/C14H14ClNO2S/c1-3-7-16(9-11-4-5-13(15)19-11)14(17)12-6-8-18-10(12)2/h3-6,8H,1,7,9H2,2H3. The molecule has 0 atom stereocenters. The molecular weight excluding hydrogens is 282 g/mol. The van der Waals surface area contributed by atoms with E-state index >= 15 is 0 Å². The van der Waals surface area contributed by atoms with Crippen LogP contribution < -0.4 is 0 Å². The Morgan fingerprint density at radius 2 is 2.32 bits per heavy atom. The fourth-order valence-corrected chi connectivity index (χ4v) is 2.88. The van der Waals surface area contributed by atoms with E-state index in [1.165, 1.54) is 17.6 Å². The third-order valence-corrected chi connectivity index (χ3v) is 3.92. The van der Waals surface area contributed by atoms with Crippen molar-refractivity contribution in [3.8, 4) is 0 Å². The van der Waals surface area contributed by atoms with E-state index in [1.807, 2.05) is 12.1 Å². The Morgan fingerprint density at radius 3 is 2.84 bits per heavy atom. The minimum atomic E-state index is -0.0596. The number of furan rings is 1. The lowest BCUT2D eigenvalue weighted by molar-refractivity contribution is 0.0762. The summed E-state index contributed by atoms with van der Waals surface area (Å²) in [5.74, 6) is 0.568. The van der Waals surface area contributed by atoms with Crippen LogP contribution in [0.25, 0.3) is 0 Å². The molecule has 19 heavy (non-hydrogen) atoms. The van der Waals surface area contributed by atoms with Gasteiger partial charge in [0.25, 0.3) is 5.91 Å². The van der Waals surface area contributed by atoms with E-state index in [9.17, 15) is 4.79 Å². The number of thiophene rings is 1. The summed E-state index contributed by atoms with van der Waals surface area (Å²) < 4.78 is 5.90. The SMILES string of the molecule is C=CCN(Cc1ccc(Cl)s1)C(=O)c1ccoc1C. The molecule has 0 bridgehead atoms. The van der Waals surface area contributed by atoms with Crippen molar-refractivity contribution in [3.63, 3.8) is 0 Å². The molecular formula is C14H14ClNO2S. The maximum Gasteiger partial charge on any atom is 0.258 e. The summed E-state index contributed by atoms with van der Waals surface area (Å²) >= 11 is 7.38. The van der Waals surface area contributed by atoms with Crippen molar-refractivity contribution in [2.45, 2.75) is 13.5 Å². The molecule has 0 spiro atoms. The second kappa shape index (κ2) is 6.08. The lowest BCUT2D eigenvalue weighted by Gasteiger charge is -2.20. The van der Waals surface area contributed by atoms with Crippen molar-refractivity contribution >= 4 is 28.8 Å². The highest BCUT2D eigenvalue weighted by molar-refractivity contribution is 7.16. The first-order valence-corrected chi connectivity index (χ1v) is 6.99. The summed E-state index contributed by atoms with van der Waals surface area (Å²) in [5, 5.41) is 0. The molecule has 2 aromatic rings. The Bertz CT molecular complexity index is 588. The van der Waals surface area contributed by atoms with Gasteiger partial charge in [-0.15, -0.1) is 17.9 Å². The minimum absolute atomic E-state index is 0.0596. The van der Waals surface area contributed by atoms with E-state index in [-0.39, 0.29) is 5.91 Å². The van der Waals surface area contributed by atoms with Gasteiger partial charge in [-0.25, -0.2) is 0 Å². The van der Waals surface area contributed by atoms with Crippen LogP contribution in [0.1, 0.15) is 21.0 Å². The summed E-state index contributed by atoms with van der Waals surface area (Å²) in [4.78, 5) is 15.2. The highest BCUT2D eigenvalue weighted by Gasteiger charge is 2.19. The molecule has 2 aromatic heterocycles. The van der Waals surface area contributed by atoms with Crippen LogP contribution in [-0.4, -0.2) is 17.4 Å². The lowest BCUT2D eigenvalue weighted by Crippen LogP contribution is -2.30. The number of halogens is 1. The van der Waals surface area contributed by atoms with Crippen LogP contribution in [0.3, 0.4) is 0 Å². The van der Waals surface area contributed by atoms with E-state index in [1.54, 1.807) is 24.0 Å². The molecule has 2 heterocycles.